The molecule has 0 atom stereocenters. The van der Waals surface area contributed by atoms with Crippen molar-refractivity contribution in [3.8, 4) is 23.0 Å². The second-order valence-electron chi connectivity index (χ2n) is 7.46. The van der Waals surface area contributed by atoms with Crippen LogP contribution < -0.4 is 18.9 Å². The van der Waals surface area contributed by atoms with E-state index in [-0.39, 0.29) is 55.7 Å². The van der Waals surface area contributed by atoms with Crippen LogP contribution in [0.3, 0.4) is 0 Å². The quantitative estimate of drug-likeness (QED) is 0.494. The Morgan fingerprint density at radius 1 is 0.848 bits per heavy atom. The number of nitrogens with zero attached hydrogens (tertiary/aromatic N) is 3. The van der Waals surface area contributed by atoms with Crippen LogP contribution in [0.5, 0.6) is 23.0 Å². The first-order valence-corrected chi connectivity index (χ1v) is 10.3. The van der Waals surface area contributed by atoms with E-state index in [4.69, 9.17) is 18.9 Å². The second-order valence-corrected chi connectivity index (χ2v) is 7.46. The van der Waals surface area contributed by atoms with Gasteiger partial charge in [-0.05, 0) is 12.1 Å². The molecule has 11 heteroatoms. The average Bonchev–Trinajstić information content (AvgIpc) is 2.86. The molecule has 2 heterocycles. The van der Waals surface area contributed by atoms with Gasteiger partial charge in [0.2, 0.25) is 0 Å². The van der Waals surface area contributed by atoms with Gasteiger partial charge in [0.15, 0.2) is 11.5 Å². The number of carbonyl (C=O) groups excluding carboxylic acids is 2. The molecule has 1 saturated heterocycles. The Hall–Kier alpha value is -4.02. The van der Waals surface area contributed by atoms with E-state index in [2.05, 4.69) is 0 Å². The Bertz CT molecular complexity index is 1070. The Labute approximate surface area is 189 Å². The molecule has 1 fully saturated rings. The third kappa shape index (κ3) is 4.47. The third-order valence-corrected chi connectivity index (χ3v) is 5.54. The number of piperazine rings is 1. The summed E-state index contributed by atoms with van der Waals surface area (Å²) in [4.78, 5) is 40.2. The summed E-state index contributed by atoms with van der Waals surface area (Å²) in [5.41, 5.74) is 0.00115. The van der Waals surface area contributed by atoms with E-state index in [1.807, 2.05) is 0 Å². The molecule has 0 radical (unpaired) electrons. The smallest absolute Gasteiger partial charge is 0.286 e. The Morgan fingerprint density at radius 3 is 1.88 bits per heavy atom. The molecule has 0 saturated carbocycles. The molecule has 2 amide bonds. The summed E-state index contributed by atoms with van der Waals surface area (Å²) in [6.07, 6.45) is 0. The zero-order valence-electron chi connectivity index (χ0n) is 18.2. The molecule has 4 rings (SSSR count). The lowest BCUT2D eigenvalue weighted by atomic mass is 10.1. The highest BCUT2D eigenvalue weighted by molar-refractivity contribution is 5.99. The highest BCUT2D eigenvalue weighted by atomic mass is 16.6. The van der Waals surface area contributed by atoms with Gasteiger partial charge in [0.05, 0.1) is 25.2 Å². The number of ether oxygens (including phenoxy) is 4. The van der Waals surface area contributed by atoms with Gasteiger partial charge in [0, 0.05) is 43.9 Å². The number of fused-ring (bicyclic) bond motifs is 1. The Balaban J connectivity index is 1.49. The molecular weight excluding hydrogens is 434 g/mol. The molecule has 0 aliphatic carbocycles. The summed E-state index contributed by atoms with van der Waals surface area (Å²) in [6.45, 7) is 1.61. The van der Waals surface area contributed by atoms with Crippen molar-refractivity contribution >= 4 is 17.5 Å². The lowest BCUT2D eigenvalue weighted by Crippen LogP contribution is -2.50. The van der Waals surface area contributed by atoms with Crippen LogP contribution in [0.1, 0.15) is 20.7 Å². The first-order chi connectivity index (χ1) is 15.9. The van der Waals surface area contributed by atoms with Gasteiger partial charge in [-0.15, -0.1) is 0 Å². The average molecular weight is 457 g/mol. The van der Waals surface area contributed by atoms with Crippen molar-refractivity contribution < 1.29 is 33.5 Å². The van der Waals surface area contributed by atoms with Crippen molar-refractivity contribution in [1.82, 2.24) is 9.80 Å². The molecule has 33 heavy (non-hydrogen) atoms. The predicted molar refractivity (Wildman–Crippen MR) is 115 cm³/mol. The maximum absolute atomic E-state index is 13.1. The van der Waals surface area contributed by atoms with Gasteiger partial charge in [-0.3, -0.25) is 19.7 Å². The fourth-order valence-corrected chi connectivity index (χ4v) is 3.80. The van der Waals surface area contributed by atoms with Crippen LogP contribution in [0, 0.1) is 10.1 Å². The number of rotatable bonds is 5. The minimum absolute atomic E-state index is 0.0680. The fourth-order valence-electron chi connectivity index (χ4n) is 3.80. The minimum atomic E-state index is -0.610. The molecule has 0 bridgehead atoms. The summed E-state index contributed by atoms with van der Waals surface area (Å²) in [5.74, 6) is 0.831. The lowest BCUT2D eigenvalue weighted by Gasteiger charge is -2.35. The number of hydrogen-bond acceptors (Lipinski definition) is 8. The first kappa shape index (κ1) is 22.2. The van der Waals surface area contributed by atoms with E-state index in [1.165, 1.54) is 31.3 Å². The number of carbonyl (C=O) groups is 2. The largest absolute Gasteiger partial charge is 0.497 e. The number of hydrogen-bond donors (Lipinski definition) is 0. The highest BCUT2D eigenvalue weighted by Gasteiger charge is 2.32. The van der Waals surface area contributed by atoms with Crippen LogP contribution in [-0.2, 0) is 0 Å². The highest BCUT2D eigenvalue weighted by Crippen LogP contribution is 2.37. The van der Waals surface area contributed by atoms with Crippen molar-refractivity contribution in [2.24, 2.45) is 0 Å². The van der Waals surface area contributed by atoms with Crippen LogP contribution in [-0.4, -0.2) is 80.1 Å². The molecular formula is C22H23N3O8. The number of nitro benzene ring substituents is 1. The first-order valence-electron chi connectivity index (χ1n) is 10.3. The minimum Gasteiger partial charge on any atom is -0.497 e. The van der Waals surface area contributed by atoms with Gasteiger partial charge in [-0.1, -0.05) is 0 Å². The zero-order valence-corrected chi connectivity index (χ0v) is 18.2. The standard InChI is InChI=1S/C22H23N3O8/c1-30-15-9-14(10-16(11-15)31-2)21(26)23-3-5-24(6-4-23)22(27)17-12-19-20(33-8-7-32-19)13-18(17)25(28)29/h9-13H,3-8H2,1-2H3. The molecule has 0 spiro atoms. The van der Waals surface area contributed by atoms with Gasteiger partial charge in [-0.25, -0.2) is 0 Å². The summed E-state index contributed by atoms with van der Waals surface area (Å²) >= 11 is 0. The van der Waals surface area contributed by atoms with Gasteiger partial charge in [-0.2, -0.15) is 0 Å². The summed E-state index contributed by atoms with van der Waals surface area (Å²) in [5, 5.41) is 11.6. The Morgan fingerprint density at radius 2 is 1.36 bits per heavy atom. The van der Waals surface area contributed by atoms with E-state index in [0.29, 0.717) is 29.4 Å². The van der Waals surface area contributed by atoms with Gasteiger partial charge < -0.3 is 28.7 Å². The summed E-state index contributed by atoms with van der Waals surface area (Å²) in [7, 11) is 3.01. The van der Waals surface area contributed by atoms with Crippen molar-refractivity contribution in [3.05, 3.63) is 51.6 Å². The zero-order chi connectivity index (χ0) is 23.5. The van der Waals surface area contributed by atoms with E-state index >= 15 is 0 Å². The number of benzene rings is 2. The van der Waals surface area contributed by atoms with Crippen molar-refractivity contribution in [3.63, 3.8) is 0 Å². The van der Waals surface area contributed by atoms with E-state index in [0.717, 1.165) is 0 Å². The number of methoxy groups -OCH3 is 2. The molecule has 2 aromatic carbocycles. The Kier molecular flexibility index (Phi) is 6.20. The van der Waals surface area contributed by atoms with Crippen LogP contribution in [0.15, 0.2) is 30.3 Å². The van der Waals surface area contributed by atoms with E-state index in [9.17, 15) is 19.7 Å². The van der Waals surface area contributed by atoms with Gasteiger partial charge >= 0.3 is 0 Å². The van der Waals surface area contributed by atoms with Crippen molar-refractivity contribution in [2.45, 2.75) is 0 Å². The maximum Gasteiger partial charge on any atom is 0.286 e. The number of amides is 2. The van der Waals surface area contributed by atoms with Crippen LogP contribution in [0.25, 0.3) is 0 Å². The molecule has 2 aromatic rings. The molecule has 174 valence electrons. The van der Waals surface area contributed by atoms with Gasteiger partial charge in [0.25, 0.3) is 17.5 Å². The van der Waals surface area contributed by atoms with Crippen molar-refractivity contribution in [2.75, 3.05) is 53.6 Å². The molecule has 0 unspecified atom stereocenters. The fraction of sp³-hybridized carbons (Fsp3) is 0.364. The lowest BCUT2D eigenvalue weighted by molar-refractivity contribution is -0.385. The van der Waals surface area contributed by atoms with E-state index < -0.39 is 10.8 Å². The molecule has 2 aliphatic heterocycles. The van der Waals surface area contributed by atoms with E-state index in [1.54, 1.807) is 23.1 Å². The van der Waals surface area contributed by atoms with Crippen LogP contribution in [0.4, 0.5) is 5.69 Å². The second kappa shape index (κ2) is 9.23. The SMILES string of the molecule is COc1cc(OC)cc(C(=O)N2CCN(C(=O)c3cc4c(cc3[N+](=O)[O-])OCCO4)CC2)c1. The topological polar surface area (TPSA) is 121 Å². The van der Waals surface area contributed by atoms with Crippen LogP contribution in [0.2, 0.25) is 0 Å². The van der Waals surface area contributed by atoms with Crippen molar-refractivity contribution in [1.29, 1.82) is 0 Å². The summed E-state index contributed by atoms with van der Waals surface area (Å²) in [6, 6.07) is 7.50. The number of nitro groups is 1. The maximum atomic E-state index is 13.1. The van der Waals surface area contributed by atoms with Crippen LogP contribution >= 0.6 is 0 Å². The third-order valence-electron chi connectivity index (χ3n) is 5.54. The predicted octanol–water partition coefficient (Wildman–Crippen LogP) is 1.98. The summed E-state index contributed by atoms with van der Waals surface area (Å²) < 4.78 is 21.3. The molecule has 0 N–H and O–H groups in total. The molecule has 2 aliphatic rings. The molecule has 0 aromatic heterocycles. The monoisotopic (exact) mass is 457 g/mol. The molecule has 11 nitrogen and oxygen atoms in total. The normalized spacial score (nSPS) is 15.1. The van der Waals surface area contributed by atoms with Gasteiger partial charge in [0.1, 0.15) is 30.3 Å².